The highest BCUT2D eigenvalue weighted by molar-refractivity contribution is 7.86. The molecule has 0 amide bonds. The van der Waals surface area contributed by atoms with Gasteiger partial charge in [0.25, 0.3) is 10.2 Å². The van der Waals surface area contributed by atoms with Crippen LogP contribution in [0.2, 0.25) is 0 Å². The van der Waals surface area contributed by atoms with Crippen LogP contribution in [-0.2, 0) is 16.8 Å². The SMILES string of the molecule is C[C@@H]1CCCN(S(=O)(=O)N(C)Cc2cnn(-c3ccccc3)c2)C1. The minimum absolute atomic E-state index is 0.319. The third-order valence-electron chi connectivity index (χ3n) is 4.40. The third-order valence-corrected chi connectivity index (χ3v) is 6.30. The predicted molar refractivity (Wildman–Crippen MR) is 93.9 cm³/mol. The van der Waals surface area contributed by atoms with Gasteiger partial charge in [-0.15, -0.1) is 0 Å². The molecule has 1 aromatic heterocycles. The van der Waals surface area contributed by atoms with Gasteiger partial charge in [-0.3, -0.25) is 0 Å². The van der Waals surface area contributed by atoms with Gasteiger partial charge < -0.3 is 0 Å². The van der Waals surface area contributed by atoms with Gasteiger partial charge in [-0.05, 0) is 30.9 Å². The molecule has 0 saturated carbocycles. The van der Waals surface area contributed by atoms with Gasteiger partial charge in [0.15, 0.2) is 0 Å². The Morgan fingerprint density at radius 3 is 2.75 bits per heavy atom. The van der Waals surface area contributed by atoms with Gasteiger partial charge in [-0.25, -0.2) is 4.68 Å². The van der Waals surface area contributed by atoms with Crippen LogP contribution >= 0.6 is 0 Å². The zero-order chi connectivity index (χ0) is 17.2. The molecule has 2 aromatic rings. The quantitative estimate of drug-likeness (QED) is 0.833. The molecule has 0 radical (unpaired) electrons. The molecule has 1 aromatic carbocycles. The van der Waals surface area contributed by atoms with Gasteiger partial charge in [-0.1, -0.05) is 25.1 Å². The van der Waals surface area contributed by atoms with Gasteiger partial charge in [-0.2, -0.15) is 22.1 Å². The molecule has 1 aliphatic heterocycles. The van der Waals surface area contributed by atoms with Crippen molar-refractivity contribution in [3.8, 4) is 5.69 Å². The van der Waals surface area contributed by atoms with Crippen molar-refractivity contribution in [1.29, 1.82) is 0 Å². The second-order valence-electron chi connectivity index (χ2n) is 6.50. The first-order valence-corrected chi connectivity index (χ1v) is 9.67. The van der Waals surface area contributed by atoms with Crippen LogP contribution in [0.1, 0.15) is 25.3 Å². The molecule has 6 nitrogen and oxygen atoms in total. The molecule has 2 heterocycles. The lowest BCUT2D eigenvalue weighted by molar-refractivity contribution is 0.263. The van der Waals surface area contributed by atoms with Crippen molar-refractivity contribution >= 4 is 10.2 Å². The average molecular weight is 348 g/mol. The maximum absolute atomic E-state index is 12.7. The van der Waals surface area contributed by atoms with Crippen molar-refractivity contribution < 1.29 is 8.42 Å². The predicted octanol–water partition coefficient (Wildman–Crippen LogP) is 2.28. The zero-order valence-electron chi connectivity index (χ0n) is 14.2. The third kappa shape index (κ3) is 3.68. The van der Waals surface area contributed by atoms with E-state index in [4.69, 9.17) is 0 Å². The molecular weight excluding hydrogens is 324 g/mol. The van der Waals surface area contributed by atoms with Gasteiger partial charge in [0.05, 0.1) is 11.9 Å². The van der Waals surface area contributed by atoms with Crippen molar-refractivity contribution in [3.63, 3.8) is 0 Å². The average Bonchev–Trinajstić information content (AvgIpc) is 3.04. The van der Waals surface area contributed by atoms with Crippen LogP contribution in [0, 0.1) is 5.92 Å². The Morgan fingerprint density at radius 1 is 1.29 bits per heavy atom. The van der Waals surface area contributed by atoms with Crippen LogP contribution in [0.3, 0.4) is 0 Å². The normalized spacial score (nSPS) is 19.7. The summed E-state index contributed by atoms with van der Waals surface area (Å²) in [7, 11) is -1.79. The standard InChI is InChI=1S/C17H24N4O2S/c1-15-7-6-10-20(12-15)24(22,23)19(2)13-16-11-18-21(14-16)17-8-4-3-5-9-17/h3-5,8-9,11,14-15H,6-7,10,12-13H2,1-2H3/t15-/m1/s1. The van der Waals surface area contributed by atoms with Crippen molar-refractivity contribution in [1.82, 2.24) is 18.4 Å². The number of rotatable bonds is 5. The number of hydrogen-bond acceptors (Lipinski definition) is 3. The van der Waals surface area contributed by atoms with Gasteiger partial charge in [0.2, 0.25) is 0 Å². The molecule has 130 valence electrons. The fraction of sp³-hybridized carbons (Fsp3) is 0.471. The summed E-state index contributed by atoms with van der Waals surface area (Å²) in [5.74, 6) is 0.419. The van der Waals surface area contributed by atoms with Crippen LogP contribution in [0.5, 0.6) is 0 Å². The molecule has 0 N–H and O–H groups in total. The van der Waals surface area contributed by atoms with Crippen molar-refractivity contribution in [2.45, 2.75) is 26.3 Å². The first kappa shape index (κ1) is 17.1. The minimum Gasteiger partial charge on any atom is -0.241 e. The summed E-state index contributed by atoms with van der Waals surface area (Å²) in [6, 6.07) is 9.78. The fourth-order valence-electron chi connectivity index (χ4n) is 3.06. The molecule has 24 heavy (non-hydrogen) atoms. The Balaban J connectivity index is 1.70. The highest BCUT2D eigenvalue weighted by Crippen LogP contribution is 2.21. The topological polar surface area (TPSA) is 58.4 Å². The second kappa shape index (κ2) is 7.04. The van der Waals surface area contributed by atoms with Gasteiger partial charge in [0, 0.05) is 38.4 Å². The lowest BCUT2D eigenvalue weighted by atomic mass is 10.0. The molecule has 0 aliphatic carbocycles. The summed E-state index contributed by atoms with van der Waals surface area (Å²) < 4.78 is 30.3. The molecule has 3 rings (SSSR count). The van der Waals surface area contributed by atoms with E-state index in [1.54, 1.807) is 22.2 Å². The Bertz CT molecular complexity index is 773. The fourth-order valence-corrected chi connectivity index (χ4v) is 4.56. The van der Waals surface area contributed by atoms with Crippen LogP contribution in [0.15, 0.2) is 42.7 Å². The van der Waals surface area contributed by atoms with Gasteiger partial charge in [0.1, 0.15) is 0 Å². The monoisotopic (exact) mass is 348 g/mol. The summed E-state index contributed by atoms with van der Waals surface area (Å²) in [5, 5.41) is 4.33. The number of hydrogen-bond donors (Lipinski definition) is 0. The summed E-state index contributed by atoms with van der Waals surface area (Å²) in [5.41, 5.74) is 1.83. The Hall–Kier alpha value is -1.70. The first-order valence-electron chi connectivity index (χ1n) is 8.27. The molecule has 1 atom stereocenters. The molecule has 1 saturated heterocycles. The van der Waals surface area contributed by atoms with Crippen LogP contribution in [-0.4, -0.2) is 46.9 Å². The van der Waals surface area contributed by atoms with E-state index in [1.807, 2.05) is 36.5 Å². The number of piperidine rings is 1. The van der Waals surface area contributed by atoms with E-state index < -0.39 is 10.2 Å². The number of aromatic nitrogens is 2. The highest BCUT2D eigenvalue weighted by Gasteiger charge is 2.30. The smallest absolute Gasteiger partial charge is 0.241 e. The van der Waals surface area contributed by atoms with Crippen LogP contribution in [0.4, 0.5) is 0 Å². The lowest BCUT2D eigenvalue weighted by Crippen LogP contribution is -2.45. The maximum Gasteiger partial charge on any atom is 0.282 e. The Morgan fingerprint density at radius 2 is 2.04 bits per heavy atom. The summed E-state index contributed by atoms with van der Waals surface area (Å²) in [4.78, 5) is 0. The van der Waals surface area contributed by atoms with Crippen LogP contribution in [0.25, 0.3) is 5.69 Å². The van der Waals surface area contributed by atoms with Crippen molar-refractivity contribution in [3.05, 3.63) is 48.3 Å². The molecule has 0 unspecified atom stereocenters. The highest BCUT2D eigenvalue weighted by atomic mass is 32.2. The number of para-hydroxylation sites is 1. The van der Waals surface area contributed by atoms with E-state index >= 15 is 0 Å². The number of nitrogens with zero attached hydrogens (tertiary/aromatic N) is 4. The Kier molecular flexibility index (Phi) is 5.03. The first-order chi connectivity index (χ1) is 11.5. The second-order valence-corrected chi connectivity index (χ2v) is 8.53. The molecule has 7 heteroatoms. The van der Waals surface area contributed by atoms with Crippen molar-refractivity contribution in [2.24, 2.45) is 5.92 Å². The van der Waals surface area contributed by atoms with Crippen molar-refractivity contribution in [2.75, 3.05) is 20.1 Å². The summed E-state index contributed by atoms with van der Waals surface area (Å²) in [6.07, 6.45) is 5.62. The maximum atomic E-state index is 12.7. The van der Waals surface area contributed by atoms with E-state index in [9.17, 15) is 8.42 Å². The van der Waals surface area contributed by atoms with E-state index in [0.717, 1.165) is 24.1 Å². The van der Waals surface area contributed by atoms with E-state index in [1.165, 1.54) is 4.31 Å². The van der Waals surface area contributed by atoms with Gasteiger partial charge >= 0.3 is 0 Å². The van der Waals surface area contributed by atoms with E-state index in [0.29, 0.717) is 25.6 Å². The number of benzene rings is 1. The largest absolute Gasteiger partial charge is 0.282 e. The summed E-state index contributed by atoms with van der Waals surface area (Å²) >= 11 is 0. The molecule has 1 aliphatic rings. The molecule has 0 spiro atoms. The van der Waals surface area contributed by atoms with E-state index in [-0.39, 0.29) is 0 Å². The molecule has 1 fully saturated rings. The zero-order valence-corrected chi connectivity index (χ0v) is 15.0. The van der Waals surface area contributed by atoms with E-state index in [2.05, 4.69) is 12.0 Å². The lowest BCUT2D eigenvalue weighted by Gasteiger charge is -2.32. The molecular formula is C17H24N4O2S. The molecule has 0 bridgehead atoms. The Labute approximate surface area is 143 Å². The van der Waals surface area contributed by atoms with Crippen LogP contribution < -0.4 is 0 Å². The minimum atomic E-state index is -3.42. The summed E-state index contributed by atoms with van der Waals surface area (Å²) in [6.45, 7) is 3.64.